The van der Waals surface area contributed by atoms with Crippen LogP contribution in [0, 0.1) is 5.92 Å². The van der Waals surface area contributed by atoms with Gasteiger partial charge in [-0.1, -0.05) is 62.4 Å². The summed E-state index contributed by atoms with van der Waals surface area (Å²) in [5.74, 6) is 0.0183. The number of hydrogen-bond donors (Lipinski definition) is 2. The van der Waals surface area contributed by atoms with Crippen molar-refractivity contribution >= 4 is 5.91 Å². The molecule has 1 aromatic rings. The fraction of sp³-hybridized carbons (Fsp3) is 0.611. The van der Waals surface area contributed by atoms with E-state index in [0.29, 0.717) is 12.6 Å². The Balaban J connectivity index is 1.86. The molecule has 0 saturated heterocycles. The summed E-state index contributed by atoms with van der Waals surface area (Å²) in [6, 6.07) is 10.5. The second-order valence-electron chi connectivity index (χ2n) is 6.17. The van der Waals surface area contributed by atoms with E-state index in [0.717, 1.165) is 19.3 Å². The Morgan fingerprint density at radius 1 is 1.10 bits per heavy atom. The third kappa shape index (κ3) is 5.50. The largest absolute Gasteiger partial charge is 0.353 e. The summed E-state index contributed by atoms with van der Waals surface area (Å²) in [6.45, 7) is 0.410. The Kier molecular flexibility index (Phi) is 6.74. The lowest BCUT2D eigenvalue weighted by atomic mass is 9.94. The van der Waals surface area contributed by atoms with Crippen molar-refractivity contribution in [1.29, 1.82) is 0 Å². The molecule has 1 unspecified atom stereocenters. The van der Waals surface area contributed by atoms with Gasteiger partial charge in [-0.25, -0.2) is 0 Å². The van der Waals surface area contributed by atoms with Gasteiger partial charge in [0.15, 0.2) is 0 Å². The highest BCUT2D eigenvalue weighted by atomic mass is 16.1. The van der Waals surface area contributed by atoms with E-state index in [1.807, 2.05) is 18.2 Å². The standard InChI is InChI=1S/C18H28N2O/c19-14-16(13-15-9-5-4-6-10-15)18(21)20-17-11-7-2-1-3-8-12-17/h4-6,9-10,16-17H,1-3,7-8,11-14,19H2,(H,20,21). The van der Waals surface area contributed by atoms with Crippen LogP contribution in [-0.4, -0.2) is 18.5 Å². The maximum Gasteiger partial charge on any atom is 0.224 e. The SMILES string of the molecule is NCC(Cc1ccccc1)C(=O)NC1CCCCCCC1. The van der Waals surface area contributed by atoms with Gasteiger partial charge in [0.1, 0.15) is 0 Å². The number of carbonyl (C=O) groups excluding carboxylic acids is 1. The molecule has 0 heterocycles. The second kappa shape index (κ2) is 8.83. The minimum atomic E-state index is -0.113. The van der Waals surface area contributed by atoms with Crippen LogP contribution in [0.4, 0.5) is 0 Å². The Morgan fingerprint density at radius 2 is 1.71 bits per heavy atom. The summed E-state index contributed by atoms with van der Waals surface area (Å²) in [7, 11) is 0. The molecule has 1 saturated carbocycles. The molecule has 1 aliphatic rings. The highest BCUT2D eigenvalue weighted by molar-refractivity contribution is 5.79. The molecule has 1 atom stereocenters. The van der Waals surface area contributed by atoms with Crippen molar-refractivity contribution in [3.05, 3.63) is 35.9 Å². The molecule has 3 nitrogen and oxygen atoms in total. The van der Waals surface area contributed by atoms with Gasteiger partial charge in [-0.15, -0.1) is 0 Å². The number of carbonyl (C=O) groups is 1. The molecule has 0 aromatic heterocycles. The number of nitrogens with two attached hydrogens (primary N) is 1. The summed E-state index contributed by atoms with van der Waals surface area (Å²) in [5, 5.41) is 3.24. The molecule has 2 rings (SSSR count). The summed E-state index contributed by atoms with van der Waals surface area (Å²) in [5.41, 5.74) is 7.00. The van der Waals surface area contributed by atoms with E-state index in [2.05, 4.69) is 17.4 Å². The van der Waals surface area contributed by atoms with Crippen LogP contribution in [0.2, 0.25) is 0 Å². The predicted octanol–water partition coefficient (Wildman–Crippen LogP) is 3.03. The van der Waals surface area contributed by atoms with Crippen LogP contribution in [0.25, 0.3) is 0 Å². The maximum absolute atomic E-state index is 12.5. The van der Waals surface area contributed by atoms with E-state index < -0.39 is 0 Å². The van der Waals surface area contributed by atoms with Gasteiger partial charge in [0.2, 0.25) is 5.91 Å². The molecule has 1 aromatic carbocycles. The first-order chi connectivity index (χ1) is 10.3. The van der Waals surface area contributed by atoms with Crippen molar-refractivity contribution in [3.63, 3.8) is 0 Å². The van der Waals surface area contributed by atoms with Gasteiger partial charge < -0.3 is 11.1 Å². The normalized spacial score (nSPS) is 18.5. The van der Waals surface area contributed by atoms with Gasteiger partial charge in [0.05, 0.1) is 5.92 Å². The molecule has 0 aliphatic heterocycles. The maximum atomic E-state index is 12.5. The van der Waals surface area contributed by atoms with Gasteiger partial charge in [0, 0.05) is 12.6 Å². The van der Waals surface area contributed by atoms with Crippen molar-refractivity contribution in [2.45, 2.75) is 57.4 Å². The van der Waals surface area contributed by atoms with Crippen molar-refractivity contribution in [2.75, 3.05) is 6.54 Å². The average Bonchev–Trinajstić information content (AvgIpc) is 2.48. The molecule has 21 heavy (non-hydrogen) atoms. The van der Waals surface area contributed by atoms with Crippen molar-refractivity contribution in [3.8, 4) is 0 Å². The highest BCUT2D eigenvalue weighted by Gasteiger charge is 2.21. The topological polar surface area (TPSA) is 55.1 Å². The highest BCUT2D eigenvalue weighted by Crippen LogP contribution is 2.18. The van der Waals surface area contributed by atoms with E-state index in [4.69, 9.17) is 5.73 Å². The zero-order chi connectivity index (χ0) is 14.9. The first-order valence-electron chi connectivity index (χ1n) is 8.34. The third-order valence-corrected chi connectivity index (χ3v) is 4.43. The summed E-state index contributed by atoms with van der Waals surface area (Å²) in [6.07, 6.45) is 9.39. The molecule has 1 aliphatic carbocycles. The molecule has 0 radical (unpaired) electrons. The fourth-order valence-electron chi connectivity index (χ4n) is 3.10. The van der Waals surface area contributed by atoms with E-state index in [9.17, 15) is 4.79 Å². The number of rotatable bonds is 5. The van der Waals surface area contributed by atoms with Crippen LogP contribution in [0.15, 0.2) is 30.3 Å². The molecule has 1 amide bonds. The van der Waals surface area contributed by atoms with Crippen LogP contribution >= 0.6 is 0 Å². The monoisotopic (exact) mass is 288 g/mol. The van der Waals surface area contributed by atoms with Gasteiger partial charge >= 0.3 is 0 Å². The lowest BCUT2D eigenvalue weighted by Crippen LogP contribution is -2.42. The molecule has 1 fully saturated rings. The Hall–Kier alpha value is -1.35. The average molecular weight is 288 g/mol. The fourth-order valence-corrected chi connectivity index (χ4v) is 3.10. The molecule has 3 heteroatoms. The van der Waals surface area contributed by atoms with E-state index in [1.165, 1.54) is 37.7 Å². The summed E-state index contributed by atoms with van der Waals surface area (Å²) < 4.78 is 0. The summed E-state index contributed by atoms with van der Waals surface area (Å²) in [4.78, 5) is 12.5. The molecule has 0 spiro atoms. The van der Waals surface area contributed by atoms with Gasteiger partial charge in [-0.2, -0.15) is 0 Å². The predicted molar refractivity (Wildman–Crippen MR) is 86.9 cm³/mol. The molecular weight excluding hydrogens is 260 g/mol. The van der Waals surface area contributed by atoms with Crippen molar-refractivity contribution < 1.29 is 4.79 Å². The van der Waals surface area contributed by atoms with E-state index in [-0.39, 0.29) is 11.8 Å². The smallest absolute Gasteiger partial charge is 0.224 e. The number of amides is 1. The minimum absolute atomic E-state index is 0.113. The zero-order valence-electron chi connectivity index (χ0n) is 12.9. The van der Waals surface area contributed by atoms with Crippen LogP contribution in [0.5, 0.6) is 0 Å². The van der Waals surface area contributed by atoms with Crippen molar-refractivity contribution in [2.24, 2.45) is 11.7 Å². The van der Waals surface area contributed by atoms with E-state index >= 15 is 0 Å². The second-order valence-corrected chi connectivity index (χ2v) is 6.17. The van der Waals surface area contributed by atoms with Gasteiger partial charge in [-0.05, 0) is 24.8 Å². The third-order valence-electron chi connectivity index (χ3n) is 4.43. The van der Waals surface area contributed by atoms with E-state index in [1.54, 1.807) is 0 Å². The Labute approximate surface area is 128 Å². The number of hydrogen-bond acceptors (Lipinski definition) is 2. The van der Waals surface area contributed by atoms with Gasteiger partial charge in [-0.3, -0.25) is 4.79 Å². The first-order valence-corrected chi connectivity index (χ1v) is 8.34. The molecular formula is C18H28N2O. The first kappa shape index (κ1) is 16.0. The Morgan fingerprint density at radius 3 is 2.33 bits per heavy atom. The van der Waals surface area contributed by atoms with Crippen LogP contribution in [-0.2, 0) is 11.2 Å². The number of nitrogens with one attached hydrogen (secondary N) is 1. The Bertz CT molecular complexity index is 410. The van der Waals surface area contributed by atoms with Gasteiger partial charge in [0.25, 0.3) is 0 Å². The number of benzene rings is 1. The van der Waals surface area contributed by atoms with Crippen molar-refractivity contribution in [1.82, 2.24) is 5.32 Å². The molecule has 3 N–H and O–H groups in total. The lowest BCUT2D eigenvalue weighted by Gasteiger charge is -2.24. The lowest BCUT2D eigenvalue weighted by molar-refractivity contribution is -0.125. The van der Waals surface area contributed by atoms with Crippen LogP contribution < -0.4 is 11.1 Å². The molecule has 116 valence electrons. The zero-order valence-corrected chi connectivity index (χ0v) is 12.9. The quantitative estimate of drug-likeness (QED) is 0.875. The molecule has 0 bridgehead atoms. The van der Waals surface area contributed by atoms with Crippen LogP contribution in [0.3, 0.4) is 0 Å². The minimum Gasteiger partial charge on any atom is -0.353 e. The summed E-state index contributed by atoms with van der Waals surface area (Å²) >= 11 is 0. The van der Waals surface area contributed by atoms with Crippen LogP contribution in [0.1, 0.15) is 50.5 Å².